The third-order valence-electron chi connectivity index (χ3n) is 2.39. The Hall–Kier alpha value is -2.26. The van der Waals surface area contributed by atoms with Crippen molar-refractivity contribution >= 4 is 27.3 Å². The number of sulfonamides is 1. The second-order valence-corrected chi connectivity index (χ2v) is 6.10. The molecule has 0 aliphatic carbocycles. The first kappa shape index (κ1) is 15.1. The minimum Gasteiger partial charge on any atom is -0.367 e. The Morgan fingerprint density at radius 1 is 1.10 bits per heavy atom. The third-order valence-corrected chi connectivity index (χ3v) is 3.12. The predicted octanol–water partition coefficient (Wildman–Crippen LogP) is 0.576. The molecule has 0 aromatic carbocycles. The number of nitrogens with zero attached hydrogens (tertiary/aromatic N) is 3. The lowest BCUT2D eigenvalue weighted by Crippen LogP contribution is -2.27. The fraction of sp³-hybridized carbons (Fsp3) is 0.250. The molecule has 0 spiro atoms. The van der Waals surface area contributed by atoms with Crippen molar-refractivity contribution in [2.24, 2.45) is 0 Å². The molecule has 0 saturated carbocycles. The molecule has 2 aromatic rings. The maximum Gasteiger partial charge on any atom is 0.208 e. The number of pyridine rings is 1. The van der Waals surface area contributed by atoms with Crippen LogP contribution in [-0.4, -0.2) is 42.9 Å². The number of nitrogens with one attached hydrogen (secondary N) is 3. The lowest BCUT2D eigenvalue weighted by molar-refractivity contribution is 0.589. The van der Waals surface area contributed by atoms with Crippen molar-refractivity contribution in [2.45, 2.75) is 0 Å². The Morgan fingerprint density at radius 2 is 1.86 bits per heavy atom. The van der Waals surface area contributed by atoms with Gasteiger partial charge in [0.15, 0.2) is 5.82 Å². The first-order chi connectivity index (χ1) is 10.0. The lowest BCUT2D eigenvalue weighted by atomic mass is 10.4. The Balaban J connectivity index is 1.82. The Bertz CT molecular complexity index is 660. The van der Waals surface area contributed by atoms with Gasteiger partial charge < -0.3 is 10.6 Å². The summed E-state index contributed by atoms with van der Waals surface area (Å²) in [6, 6.07) is 7.22. The fourth-order valence-electron chi connectivity index (χ4n) is 1.50. The van der Waals surface area contributed by atoms with Gasteiger partial charge in [-0.1, -0.05) is 0 Å². The zero-order valence-corrected chi connectivity index (χ0v) is 12.3. The molecule has 2 rings (SSSR count). The summed E-state index contributed by atoms with van der Waals surface area (Å²) in [5.74, 6) is 1.17. The summed E-state index contributed by atoms with van der Waals surface area (Å²) in [4.78, 5) is 3.99. The molecule has 0 unspecified atom stereocenters. The minimum atomic E-state index is -3.16. The summed E-state index contributed by atoms with van der Waals surface area (Å²) < 4.78 is 24.1. The molecule has 2 heterocycles. The first-order valence-corrected chi connectivity index (χ1v) is 8.11. The smallest absolute Gasteiger partial charge is 0.208 e. The molecule has 0 fully saturated rings. The topological polar surface area (TPSA) is 109 Å². The van der Waals surface area contributed by atoms with Crippen LogP contribution in [0.3, 0.4) is 0 Å². The molecule has 0 aliphatic rings. The van der Waals surface area contributed by atoms with E-state index in [1.807, 2.05) is 12.1 Å². The molecule has 0 atom stereocenters. The second-order valence-electron chi connectivity index (χ2n) is 4.26. The van der Waals surface area contributed by atoms with Crippen LogP contribution in [0.15, 0.2) is 36.7 Å². The van der Waals surface area contributed by atoms with E-state index in [1.165, 1.54) is 0 Å². The van der Waals surface area contributed by atoms with Gasteiger partial charge >= 0.3 is 0 Å². The van der Waals surface area contributed by atoms with Gasteiger partial charge in [-0.25, -0.2) is 13.1 Å². The van der Waals surface area contributed by atoms with Crippen molar-refractivity contribution in [3.8, 4) is 0 Å². The van der Waals surface area contributed by atoms with Crippen molar-refractivity contribution in [2.75, 3.05) is 30.0 Å². The average molecular weight is 308 g/mol. The lowest BCUT2D eigenvalue weighted by Gasteiger charge is -2.07. The van der Waals surface area contributed by atoms with E-state index in [2.05, 4.69) is 30.5 Å². The largest absolute Gasteiger partial charge is 0.367 e. The summed E-state index contributed by atoms with van der Waals surface area (Å²) in [6.45, 7) is 0.716. The third kappa shape index (κ3) is 5.71. The number of hydrogen-bond donors (Lipinski definition) is 3. The van der Waals surface area contributed by atoms with Crippen molar-refractivity contribution in [1.82, 2.24) is 19.9 Å². The van der Waals surface area contributed by atoms with Gasteiger partial charge in [0.1, 0.15) is 5.82 Å². The number of hydrogen-bond acceptors (Lipinski definition) is 7. The van der Waals surface area contributed by atoms with E-state index in [0.29, 0.717) is 18.2 Å². The fourth-order valence-corrected chi connectivity index (χ4v) is 1.98. The van der Waals surface area contributed by atoms with Crippen LogP contribution in [0.5, 0.6) is 0 Å². The van der Waals surface area contributed by atoms with Gasteiger partial charge in [-0.2, -0.15) is 0 Å². The standard InChI is InChI=1S/C12H16N6O2S/c1-21(19,20)15-8-7-14-11-4-5-12(18-17-11)16-10-3-2-6-13-9-10/h2-6,9,15H,7-8H2,1H3,(H,14,17)(H,16,18). The highest BCUT2D eigenvalue weighted by Gasteiger charge is 2.00. The minimum absolute atomic E-state index is 0.288. The van der Waals surface area contributed by atoms with Gasteiger partial charge in [-0.05, 0) is 24.3 Å². The van der Waals surface area contributed by atoms with Crippen molar-refractivity contribution < 1.29 is 8.42 Å². The summed E-state index contributed by atoms with van der Waals surface area (Å²) in [7, 11) is -3.16. The summed E-state index contributed by atoms with van der Waals surface area (Å²) in [5.41, 5.74) is 0.824. The molecular weight excluding hydrogens is 292 g/mol. The van der Waals surface area contributed by atoms with Crippen LogP contribution in [-0.2, 0) is 10.0 Å². The van der Waals surface area contributed by atoms with Crippen LogP contribution < -0.4 is 15.4 Å². The number of aromatic nitrogens is 3. The molecule has 112 valence electrons. The molecule has 9 heteroatoms. The zero-order chi connectivity index (χ0) is 15.1. The van der Waals surface area contributed by atoms with Crippen LogP contribution in [0.2, 0.25) is 0 Å². The van der Waals surface area contributed by atoms with Gasteiger partial charge in [-0.15, -0.1) is 10.2 Å². The summed E-state index contributed by atoms with van der Waals surface area (Å²) in [6.07, 6.45) is 4.49. The molecule has 0 saturated heterocycles. The van der Waals surface area contributed by atoms with E-state index >= 15 is 0 Å². The van der Waals surface area contributed by atoms with Gasteiger partial charge in [0.2, 0.25) is 10.0 Å². The highest BCUT2D eigenvalue weighted by atomic mass is 32.2. The molecule has 0 radical (unpaired) electrons. The van der Waals surface area contributed by atoms with Crippen LogP contribution >= 0.6 is 0 Å². The monoisotopic (exact) mass is 308 g/mol. The Kier molecular flexibility index (Phi) is 5.01. The molecule has 8 nitrogen and oxygen atoms in total. The maximum atomic E-state index is 10.9. The number of anilines is 3. The maximum absolute atomic E-state index is 10.9. The molecule has 0 bridgehead atoms. The SMILES string of the molecule is CS(=O)(=O)NCCNc1ccc(Nc2cccnc2)nn1. The molecule has 0 amide bonds. The van der Waals surface area contributed by atoms with E-state index in [0.717, 1.165) is 11.9 Å². The first-order valence-electron chi connectivity index (χ1n) is 6.22. The highest BCUT2D eigenvalue weighted by Crippen LogP contribution is 2.12. The predicted molar refractivity (Wildman–Crippen MR) is 80.9 cm³/mol. The van der Waals surface area contributed by atoms with Gasteiger partial charge in [0, 0.05) is 19.3 Å². The number of rotatable bonds is 7. The van der Waals surface area contributed by atoms with Crippen molar-refractivity contribution in [3.63, 3.8) is 0 Å². The average Bonchev–Trinajstić information content (AvgIpc) is 2.45. The zero-order valence-electron chi connectivity index (χ0n) is 11.4. The summed E-state index contributed by atoms with van der Waals surface area (Å²) in [5, 5.41) is 14.0. The van der Waals surface area contributed by atoms with Crippen LogP contribution in [0.4, 0.5) is 17.3 Å². The van der Waals surface area contributed by atoms with E-state index in [9.17, 15) is 8.42 Å². The van der Waals surface area contributed by atoms with Crippen molar-refractivity contribution in [1.29, 1.82) is 0 Å². The summed E-state index contributed by atoms with van der Waals surface area (Å²) >= 11 is 0. The quantitative estimate of drug-likeness (QED) is 0.642. The second kappa shape index (κ2) is 6.95. The highest BCUT2D eigenvalue weighted by molar-refractivity contribution is 7.88. The molecule has 3 N–H and O–H groups in total. The van der Waals surface area contributed by atoms with E-state index in [4.69, 9.17) is 0 Å². The van der Waals surface area contributed by atoms with Gasteiger partial charge in [-0.3, -0.25) is 4.98 Å². The van der Waals surface area contributed by atoms with Crippen LogP contribution in [0.1, 0.15) is 0 Å². The Labute approximate surface area is 123 Å². The molecule has 21 heavy (non-hydrogen) atoms. The van der Waals surface area contributed by atoms with Crippen LogP contribution in [0, 0.1) is 0 Å². The Morgan fingerprint density at radius 3 is 2.48 bits per heavy atom. The molecular formula is C12H16N6O2S. The van der Waals surface area contributed by atoms with Gasteiger partial charge in [0.05, 0.1) is 18.1 Å². The van der Waals surface area contributed by atoms with E-state index in [-0.39, 0.29) is 6.54 Å². The molecule has 0 aliphatic heterocycles. The molecule has 2 aromatic heterocycles. The van der Waals surface area contributed by atoms with Crippen LogP contribution in [0.25, 0.3) is 0 Å². The normalized spacial score (nSPS) is 11.1. The van der Waals surface area contributed by atoms with E-state index in [1.54, 1.807) is 24.5 Å². The van der Waals surface area contributed by atoms with Crippen molar-refractivity contribution in [3.05, 3.63) is 36.7 Å². The van der Waals surface area contributed by atoms with E-state index < -0.39 is 10.0 Å². The van der Waals surface area contributed by atoms with Gasteiger partial charge in [0.25, 0.3) is 0 Å².